The second-order valence-electron chi connectivity index (χ2n) is 5.62. The van der Waals surface area contributed by atoms with E-state index in [-0.39, 0.29) is 0 Å². The zero-order valence-corrected chi connectivity index (χ0v) is 13.2. The first-order valence-corrected chi connectivity index (χ1v) is 7.88. The molecule has 0 atom stereocenters. The zero-order chi connectivity index (χ0) is 14.4. The van der Waals surface area contributed by atoms with Gasteiger partial charge in [-0.2, -0.15) is 0 Å². The maximum Gasteiger partial charge on any atom is 0.0594 e. The van der Waals surface area contributed by atoms with Crippen molar-refractivity contribution in [2.24, 2.45) is 0 Å². The van der Waals surface area contributed by atoms with Crippen LogP contribution in [0.5, 0.6) is 0 Å². The Kier molecular flexibility index (Phi) is 6.07. The van der Waals surface area contributed by atoms with Gasteiger partial charge in [-0.1, -0.05) is 0 Å². The molecular weight excluding hydrogens is 250 g/mol. The van der Waals surface area contributed by atoms with E-state index >= 15 is 0 Å². The lowest BCUT2D eigenvalue weighted by Gasteiger charge is -2.26. The van der Waals surface area contributed by atoms with Crippen molar-refractivity contribution in [3.8, 4) is 0 Å². The molecule has 2 heterocycles. The molecule has 1 aromatic heterocycles. The number of rotatable bonds is 7. The minimum Gasteiger partial charge on any atom is -0.379 e. The molecule has 0 aliphatic carbocycles. The van der Waals surface area contributed by atoms with Gasteiger partial charge in [0.1, 0.15) is 0 Å². The first-order valence-electron chi connectivity index (χ1n) is 7.88. The van der Waals surface area contributed by atoms with Crippen molar-refractivity contribution in [1.82, 2.24) is 14.8 Å². The Bertz CT molecular complexity index is 408. The maximum atomic E-state index is 5.36. The lowest BCUT2D eigenvalue weighted by molar-refractivity contribution is 0.0374. The summed E-state index contributed by atoms with van der Waals surface area (Å²) in [5.41, 5.74) is 4.22. The van der Waals surface area contributed by atoms with E-state index in [1.165, 1.54) is 29.9 Å². The quantitative estimate of drug-likeness (QED) is 0.774. The third-order valence-electron chi connectivity index (χ3n) is 4.24. The second-order valence-corrected chi connectivity index (χ2v) is 5.62. The van der Waals surface area contributed by atoms with Gasteiger partial charge in [0.05, 0.1) is 13.2 Å². The number of aryl methyl sites for hydroxylation is 1. The van der Waals surface area contributed by atoms with Gasteiger partial charge < -0.3 is 14.6 Å². The molecular formula is C16H29N3O. The van der Waals surface area contributed by atoms with Crippen LogP contribution in [0.25, 0.3) is 0 Å². The standard InChI is InChI=1S/C16H29N3O/c1-4-19-14(2)12-16(15(19)3)13-17-6-5-7-18-8-10-20-11-9-18/h12,17H,4-11,13H2,1-3H3. The summed E-state index contributed by atoms with van der Waals surface area (Å²) in [5, 5.41) is 3.58. The minimum absolute atomic E-state index is 0.899. The number of hydrogen-bond acceptors (Lipinski definition) is 3. The Morgan fingerprint density at radius 1 is 1.25 bits per heavy atom. The first-order chi connectivity index (χ1) is 9.72. The van der Waals surface area contributed by atoms with E-state index in [1.807, 2.05) is 0 Å². The average molecular weight is 279 g/mol. The number of morpholine rings is 1. The second kappa shape index (κ2) is 7.81. The Balaban J connectivity index is 1.65. The molecule has 0 bridgehead atoms. The highest BCUT2D eigenvalue weighted by atomic mass is 16.5. The van der Waals surface area contributed by atoms with Gasteiger partial charge in [0.2, 0.25) is 0 Å². The smallest absolute Gasteiger partial charge is 0.0594 e. The summed E-state index contributed by atoms with van der Waals surface area (Å²) in [5.74, 6) is 0. The van der Waals surface area contributed by atoms with Gasteiger partial charge in [0.25, 0.3) is 0 Å². The van der Waals surface area contributed by atoms with Gasteiger partial charge >= 0.3 is 0 Å². The first kappa shape index (κ1) is 15.5. The normalized spacial score (nSPS) is 16.8. The van der Waals surface area contributed by atoms with Gasteiger partial charge in [-0.05, 0) is 51.9 Å². The summed E-state index contributed by atoms with van der Waals surface area (Å²) in [6, 6.07) is 2.31. The largest absolute Gasteiger partial charge is 0.379 e. The highest BCUT2D eigenvalue weighted by Crippen LogP contribution is 2.14. The van der Waals surface area contributed by atoms with E-state index in [0.717, 1.165) is 45.9 Å². The molecule has 1 N–H and O–H groups in total. The molecule has 20 heavy (non-hydrogen) atoms. The summed E-state index contributed by atoms with van der Waals surface area (Å²) in [6.45, 7) is 14.9. The number of ether oxygens (including phenoxy) is 1. The summed E-state index contributed by atoms with van der Waals surface area (Å²) < 4.78 is 7.74. The van der Waals surface area contributed by atoms with Crippen LogP contribution in [-0.4, -0.2) is 48.9 Å². The monoisotopic (exact) mass is 279 g/mol. The molecule has 114 valence electrons. The van der Waals surface area contributed by atoms with Crippen molar-refractivity contribution < 1.29 is 4.74 Å². The lowest BCUT2D eigenvalue weighted by Crippen LogP contribution is -2.37. The third kappa shape index (κ3) is 4.08. The van der Waals surface area contributed by atoms with E-state index in [9.17, 15) is 0 Å². The third-order valence-corrected chi connectivity index (χ3v) is 4.24. The fraction of sp³-hybridized carbons (Fsp3) is 0.750. The Labute approximate surface area is 123 Å². The molecule has 0 unspecified atom stereocenters. The summed E-state index contributed by atoms with van der Waals surface area (Å²) >= 11 is 0. The van der Waals surface area contributed by atoms with Crippen LogP contribution in [0.1, 0.15) is 30.3 Å². The topological polar surface area (TPSA) is 29.4 Å². The van der Waals surface area contributed by atoms with Gasteiger partial charge in [-0.25, -0.2) is 0 Å². The van der Waals surface area contributed by atoms with Gasteiger partial charge in [0.15, 0.2) is 0 Å². The van der Waals surface area contributed by atoms with Gasteiger partial charge in [-0.15, -0.1) is 0 Å². The maximum absolute atomic E-state index is 5.36. The van der Waals surface area contributed by atoms with E-state index < -0.39 is 0 Å². The summed E-state index contributed by atoms with van der Waals surface area (Å²) in [6.07, 6.45) is 1.21. The Hall–Kier alpha value is -0.840. The molecule has 0 spiro atoms. The Morgan fingerprint density at radius 2 is 2.00 bits per heavy atom. The van der Waals surface area contributed by atoms with Gasteiger partial charge in [0, 0.05) is 37.6 Å². The number of aromatic nitrogens is 1. The number of nitrogens with zero attached hydrogens (tertiary/aromatic N) is 2. The van der Waals surface area contributed by atoms with Crippen LogP contribution in [0, 0.1) is 13.8 Å². The molecule has 0 saturated carbocycles. The molecule has 1 aliphatic heterocycles. The molecule has 1 fully saturated rings. The van der Waals surface area contributed by atoms with Crippen molar-refractivity contribution in [1.29, 1.82) is 0 Å². The average Bonchev–Trinajstić information content (AvgIpc) is 2.74. The van der Waals surface area contributed by atoms with Crippen molar-refractivity contribution in [3.05, 3.63) is 23.0 Å². The molecule has 4 nitrogen and oxygen atoms in total. The van der Waals surface area contributed by atoms with Crippen molar-refractivity contribution >= 4 is 0 Å². The summed E-state index contributed by atoms with van der Waals surface area (Å²) in [4.78, 5) is 2.49. The SMILES string of the molecule is CCn1c(C)cc(CNCCCN2CCOCC2)c1C. The van der Waals surface area contributed by atoms with E-state index in [4.69, 9.17) is 4.74 Å². The van der Waals surface area contributed by atoms with Gasteiger partial charge in [-0.3, -0.25) is 4.90 Å². The van der Waals surface area contributed by atoms with Crippen LogP contribution in [-0.2, 0) is 17.8 Å². The van der Waals surface area contributed by atoms with E-state index in [2.05, 4.69) is 41.6 Å². The predicted octanol–water partition coefficient (Wildman–Crippen LogP) is 1.94. The minimum atomic E-state index is 0.899. The van der Waals surface area contributed by atoms with Crippen LogP contribution in [0.15, 0.2) is 6.07 Å². The molecule has 1 saturated heterocycles. The fourth-order valence-electron chi connectivity index (χ4n) is 3.01. The van der Waals surface area contributed by atoms with Crippen LogP contribution >= 0.6 is 0 Å². The van der Waals surface area contributed by atoms with Crippen LogP contribution in [0.2, 0.25) is 0 Å². The van der Waals surface area contributed by atoms with Crippen molar-refractivity contribution in [3.63, 3.8) is 0 Å². The van der Waals surface area contributed by atoms with Crippen molar-refractivity contribution in [2.75, 3.05) is 39.4 Å². The fourth-order valence-corrected chi connectivity index (χ4v) is 3.01. The molecule has 1 aliphatic rings. The Morgan fingerprint density at radius 3 is 2.65 bits per heavy atom. The zero-order valence-electron chi connectivity index (χ0n) is 13.2. The van der Waals surface area contributed by atoms with Crippen molar-refractivity contribution in [2.45, 2.75) is 40.3 Å². The lowest BCUT2D eigenvalue weighted by atomic mass is 10.2. The highest BCUT2D eigenvalue weighted by Gasteiger charge is 2.09. The van der Waals surface area contributed by atoms with Crippen LogP contribution in [0.3, 0.4) is 0 Å². The highest BCUT2D eigenvalue weighted by molar-refractivity contribution is 5.26. The summed E-state index contributed by atoms with van der Waals surface area (Å²) in [7, 11) is 0. The molecule has 2 rings (SSSR count). The predicted molar refractivity (Wildman–Crippen MR) is 83.2 cm³/mol. The number of hydrogen-bond donors (Lipinski definition) is 1. The molecule has 1 aromatic rings. The number of nitrogens with one attached hydrogen (secondary N) is 1. The molecule has 0 amide bonds. The molecule has 4 heteroatoms. The molecule has 0 radical (unpaired) electrons. The van der Waals surface area contributed by atoms with Crippen LogP contribution in [0.4, 0.5) is 0 Å². The van der Waals surface area contributed by atoms with E-state index in [0.29, 0.717) is 0 Å². The van der Waals surface area contributed by atoms with Crippen LogP contribution < -0.4 is 5.32 Å². The molecule has 0 aromatic carbocycles. The van der Waals surface area contributed by atoms with E-state index in [1.54, 1.807) is 0 Å².